The van der Waals surface area contributed by atoms with Crippen molar-refractivity contribution >= 4 is 5.97 Å². The second kappa shape index (κ2) is 4.94. The van der Waals surface area contributed by atoms with Gasteiger partial charge in [-0.2, -0.15) is 0 Å². The van der Waals surface area contributed by atoms with Gasteiger partial charge in [-0.1, -0.05) is 0 Å². The normalized spacial score (nSPS) is 23.1. The van der Waals surface area contributed by atoms with Gasteiger partial charge in [0.15, 0.2) is 0 Å². The van der Waals surface area contributed by atoms with Crippen LogP contribution in [0.3, 0.4) is 0 Å². The molecular weight excluding hydrogens is 194 g/mol. The van der Waals surface area contributed by atoms with Crippen LogP contribution in [0.15, 0.2) is 0 Å². The zero-order valence-electron chi connectivity index (χ0n) is 9.82. The van der Waals surface area contributed by atoms with Crippen LogP contribution in [-0.2, 0) is 9.53 Å². The quantitative estimate of drug-likeness (QED) is 0.704. The molecule has 0 aromatic heterocycles. The summed E-state index contributed by atoms with van der Waals surface area (Å²) in [6, 6.07) is 0.0712. The lowest BCUT2D eigenvalue weighted by atomic mass is 9.97. The van der Waals surface area contributed by atoms with Gasteiger partial charge in [-0.3, -0.25) is 9.69 Å². The smallest absolute Gasteiger partial charge is 0.320 e. The Morgan fingerprint density at radius 3 is 2.80 bits per heavy atom. The Hall–Kier alpha value is -0.610. The van der Waals surface area contributed by atoms with Gasteiger partial charge in [-0.05, 0) is 40.2 Å². The molecule has 1 rings (SSSR count). The Bertz CT molecular complexity index is 222. The maximum Gasteiger partial charge on any atom is 0.320 e. The molecule has 0 radical (unpaired) electrons. The second-order valence-electron chi connectivity index (χ2n) is 4.59. The molecule has 15 heavy (non-hydrogen) atoms. The molecule has 0 aliphatic carbocycles. The lowest BCUT2D eigenvalue weighted by Crippen LogP contribution is -2.47. The Kier molecular flexibility index (Phi) is 4.11. The van der Waals surface area contributed by atoms with Gasteiger partial charge in [-0.15, -0.1) is 0 Å². The molecule has 0 aromatic rings. The average molecular weight is 215 g/mol. The van der Waals surface area contributed by atoms with Gasteiger partial charge < -0.3 is 9.84 Å². The first-order valence-corrected chi connectivity index (χ1v) is 5.57. The highest BCUT2D eigenvalue weighted by molar-refractivity contribution is 5.71. The van der Waals surface area contributed by atoms with E-state index in [1.165, 1.54) is 0 Å². The highest BCUT2D eigenvalue weighted by atomic mass is 16.5. The lowest BCUT2D eigenvalue weighted by Gasteiger charge is -2.33. The molecule has 1 aliphatic heterocycles. The highest BCUT2D eigenvalue weighted by Gasteiger charge is 2.36. The third-order valence-electron chi connectivity index (χ3n) is 2.82. The molecule has 0 aromatic carbocycles. The third-order valence-corrected chi connectivity index (χ3v) is 2.82. The molecule has 1 unspecified atom stereocenters. The van der Waals surface area contributed by atoms with Crippen LogP contribution in [0.5, 0.6) is 0 Å². The third kappa shape index (κ3) is 3.47. The summed E-state index contributed by atoms with van der Waals surface area (Å²) in [4.78, 5) is 13.3. The van der Waals surface area contributed by atoms with E-state index in [9.17, 15) is 9.90 Å². The van der Waals surface area contributed by atoms with Crippen molar-refractivity contribution in [2.75, 3.05) is 19.7 Å². The monoisotopic (exact) mass is 215 g/mol. The molecule has 4 heteroatoms. The van der Waals surface area contributed by atoms with Crippen LogP contribution in [0.4, 0.5) is 0 Å². The van der Waals surface area contributed by atoms with Crippen LogP contribution >= 0.6 is 0 Å². The van der Waals surface area contributed by atoms with E-state index in [0.29, 0.717) is 13.2 Å². The van der Waals surface area contributed by atoms with Crippen LogP contribution in [-0.4, -0.2) is 47.3 Å². The van der Waals surface area contributed by atoms with Gasteiger partial charge in [0, 0.05) is 6.04 Å². The summed E-state index contributed by atoms with van der Waals surface area (Å²) < 4.78 is 4.90. The molecule has 1 heterocycles. The molecule has 0 amide bonds. The molecule has 1 aliphatic rings. The van der Waals surface area contributed by atoms with Crippen molar-refractivity contribution in [3.05, 3.63) is 0 Å². The number of ether oxygens (including phenoxy) is 1. The van der Waals surface area contributed by atoms with Gasteiger partial charge in [0.2, 0.25) is 0 Å². The summed E-state index contributed by atoms with van der Waals surface area (Å²) in [5.41, 5.74) is -0.747. The number of hydrogen-bond acceptors (Lipinski definition) is 4. The van der Waals surface area contributed by atoms with Gasteiger partial charge in [0.25, 0.3) is 0 Å². The van der Waals surface area contributed by atoms with E-state index in [1.807, 2.05) is 4.90 Å². The molecule has 1 saturated heterocycles. The van der Waals surface area contributed by atoms with E-state index >= 15 is 0 Å². The summed E-state index contributed by atoms with van der Waals surface area (Å²) >= 11 is 0. The summed E-state index contributed by atoms with van der Waals surface area (Å²) in [5, 5.41) is 9.94. The summed E-state index contributed by atoms with van der Waals surface area (Å²) in [7, 11) is 0. The largest absolute Gasteiger partial charge is 0.465 e. The van der Waals surface area contributed by atoms with Gasteiger partial charge in [0.05, 0.1) is 18.8 Å². The summed E-state index contributed by atoms with van der Waals surface area (Å²) in [6.45, 7) is 6.97. The predicted molar refractivity (Wildman–Crippen MR) is 57.5 cm³/mol. The number of aliphatic hydroxyl groups is 1. The van der Waals surface area contributed by atoms with E-state index in [2.05, 4.69) is 0 Å². The second-order valence-corrected chi connectivity index (χ2v) is 4.59. The minimum absolute atomic E-state index is 0.0712. The van der Waals surface area contributed by atoms with Crippen LogP contribution in [0.25, 0.3) is 0 Å². The minimum Gasteiger partial charge on any atom is -0.465 e. The van der Waals surface area contributed by atoms with Crippen molar-refractivity contribution in [3.8, 4) is 0 Å². The topological polar surface area (TPSA) is 49.8 Å². The predicted octanol–water partition coefficient (Wildman–Crippen LogP) is 0.785. The molecule has 1 atom stereocenters. The number of nitrogens with zero attached hydrogens (tertiary/aromatic N) is 1. The number of esters is 1. The summed E-state index contributed by atoms with van der Waals surface area (Å²) in [6.07, 6.45) is 1.98. The summed E-state index contributed by atoms with van der Waals surface area (Å²) in [5.74, 6) is -0.200. The van der Waals surface area contributed by atoms with Crippen molar-refractivity contribution < 1.29 is 14.6 Å². The van der Waals surface area contributed by atoms with E-state index < -0.39 is 5.60 Å². The SMILES string of the molecule is CCOC(=O)CN1CCCC1C(C)(C)O. The van der Waals surface area contributed by atoms with Crippen LogP contribution < -0.4 is 0 Å². The zero-order chi connectivity index (χ0) is 11.5. The fraction of sp³-hybridized carbons (Fsp3) is 0.909. The van der Waals surface area contributed by atoms with Crippen molar-refractivity contribution in [2.24, 2.45) is 0 Å². The number of carbonyl (C=O) groups excluding carboxylic acids is 1. The molecule has 0 spiro atoms. The Balaban J connectivity index is 2.50. The molecule has 1 N–H and O–H groups in total. The number of hydrogen-bond donors (Lipinski definition) is 1. The van der Waals surface area contributed by atoms with Crippen LogP contribution in [0.2, 0.25) is 0 Å². The number of likely N-dealkylation sites (tertiary alicyclic amines) is 1. The van der Waals surface area contributed by atoms with Gasteiger partial charge in [-0.25, -0.2) is 0 Å². The zero-order valence-corrected chi connectivity index (χ0v) is 9.82. The standard InChI is InChI=1S/C11H21NO3/c1-4-15-10(13)8-12-7-5-6-9(12)11(2,3)14/h9,14H,4-8H2,1-3H3. The molecule has 1 fully saturated rings. The average Bonchev–Trinajstić information content (AvgIpc) is 2.51. The van der Waals surface area contributed by atoms with Crippen molar-refractivity contribution in [3.63, 3.8) is 0 Å². The van der Waals surface area contributed by atoms with Crippen molar-refractivity contribution in [2.45, 2.75) is 45.3 Å². The Morgan fingerprint density at radius 2 is 2.27 bits per heavy atom. The highest BCUT2D eigenvalue weighted by Crippen LogP contribution is 2.26. The molecule has 0 saturated carbocycles. The fourth-order valence-corrected chi connectivity index (χ4v) is 2.19. The van der Waals surface area contributed by atoms with Gasteiger partial charge >= 0.3 is 5.97 Å². The Morgan fingerprint density at radius 1 is 1.60 bits per heavy atom. The van der Waals surface area contributed by atoms with E-state index in [-0.39, 0.29) is 12.0 Å². The first kappa shape index (κ1) is 12.5. The lowest BCUT2D eigenvalue weighted by molar-refractivity contribution is -0.145. The minimum atomic E-state index is -0.747. The van der Waals surface area contributed by atoms with E-state index in [1.54, 1.807) is 20.8 Å². The maximum atomic E-state index is 11.3. The van der Waals surface area contributed by atoms with Crippen molar-refractivity contribution in [1.82, 2.24) is 4.90 Å². The van der Waals surface area contributed by atoms with Crippen molar-refractivity contribution in [1.29, 1.82) is 0 Å². The first-order chi connectivity index (χ1) is 6.95. The van der Waals surface area contributed by atoms with Gasteiger partial charge in [0.1, 0.15) is 0 Å². The van der Waals surface area contributed by atoms with E-state index in [0.717, 1.165) is 19.4 Å². The number of rotatable bonds is 4. The van der Waals surface area contributed by atoms with E-state index in [4.69, 9.17) is 4.74 Å². The van der Waals surface area contributed by atoms with Crippen LogP contribution in [0.1, 0.15) is 33.6 Å². The molecular formula is C11H21NO3. The Labute approximate surface area is 91.2 Å². The van der Waals surface area contributed by atoms with Crippen LogP contribution in [0, 0.1) is 0 Å². The molecule has 88 valence electrons. The first-order valence-electron chi connectivity index (χ1n) is 5.57. The molecule has 4 nitrogen and oxygen atoms in total. The molecule has 0 bridgehead atoms. The maximum absolute atomic E-state index is 11.3. The fourth-order valence-electron chi connectivity index (χ4n) is 2.19. The number of carbonyl (C=O) groups is 1.